The summed E-state index contributed by atoms with van der Waals surface area (Å²) in [5.41, 5.74) is 1.05. The van der Waals surface area contributed by atoms with E-state index in [1.54, 1.807) is 10.9 Å². The molecule has 0 unspecified atom stereocenters. The van der Waals surface area contributed by atoms with Crippen LogP contribution in [0.25, 0.3) is 0 Å². The summed E-state index contributed by atoms with van der Waals surface area (Å²) in [6, 6.07) is 0. The number of carbonyl (C=O) groups is 1. The first-order valence-electron chi connectivity index (χ1n) is 4.71. The van der Waals surface area contributed by atoms with Crippen LogP contribution in [0.5, 0.6) is 0 Å². The Morgan fingerprint density at radius 3 is 2.93 bits per heavy atom. The first-order valence-corrected chi connectivity index (χ1v) is 4.71. The minimum Gasteiger partial charge on any atom is -0.481 e. The highest BCUT2D eigenvalue weighted by Crippen LogP contribution is 2.12. The topological polar surface area (TPSA) is 68.0 Å². The van der Waals surface area contributed by atoms with Crippen LogP contribution in [0.2, 0.25) is 0 Å². The molecule has 0 saturated carbocycles. The fourth-order valence-electron chi connectivity index (χ4n) is 1.27. The van der Waals surface area contributed by atoms with E-state index in [9.17, 15) is 4.79 Å². The Bertz CT molecular complexity index is 307. The fourth-order valence-corrected chi connectivity index (χ4v) is 1.27. The zero-order valence-corrected chi connectivity index (χ0v) is 8.47. The van der Waals surface area contributed by atoms with Crippen LogP contribution in [0.15, 0.2) is 6.20 Å². The SMILES string of the molecule is CC(C)c1cnnn1CCCC(=O)O. The van der Waals surface area contributed by atoms with Crippen molar-refractivity contribution in [2.45, 2.75) is 39.2 Å². The van der Waals surface area contributed by atoms with Crippen LogP contribution in [0, 0.1) is 0 Å². The summed E-state index contributed by atoms with van der Waals surface area (Å²) < 4.78 is 1.77. The lowest BCUT2D eigenvalue weighted by Crippen LogP contribution is -2.08. The lowest BCUT2D eigenvalue weighted by Gasteiger charge is -2.07. The van der Waals surface area contributed by atoms with Gasteiger partial charge in [0, 0.05) is 13.0 Å². The molecule has 0 amide bonds. The molecule has 0 aliphatic carbocycles. The maximum Gasteiger partial charge on any atom is 0.303 e. The molecule has 14 heavy (non-hydrogen) atoms. The van der Waals surface area contributed by atoms with Gasteiger partial charge in [-0.25, -0.2) is 4.68 Å². The Balaban J connectivity index is 2.50. The molecular weight excluding hydrogens is 182 g/mol. The lowest BCUT2D eigenvalue weighted by molar-refractivity contribution is -0.137. The monoisotopic (exact) mass is 197 g/mol. The van der Waals surface area contributed by atoms with E-state index in [2.05, 4.69) is 24.2 Å². The third-order valence-electron chi connectivity index (χ3n) is 2.00. The Morgan fingerprint density at radius 1 is 1.64 bits per heavy atom. The number of carboxylic acid groups (broad SMARTS) is 1. The molecule has 0 aromatic carbocycles. The van der Waals surface area contributed by atoms with Crippen LogP contribution in [-0.2, 0) is 11.3 Å². The highest BCUT2D eigenvalue weighted by molar-refractivity contribution is 5.66. The van der Waals surface area contributed by atoms with Crippen molar-refractivity contribution in [3.8, 4) is 0 Å². The Morgan fingerprint density at radius 2 is 2.36 bits per heavy atom. The Hall–Kier alpha value is -1.39. The number of aliphatic carboxylic acids is 1. The number of aromatic nitrogens is 3. The maximum atomic E-state index is 10.3. The number of nitrogens with zero attached hydrogens (tertiary/aromatic N) is 3. The summed E-state index contributed by atoms with van der Waals surface area (Å²) in [5.74, 6) is -0.397. The molecule has 5 heteroatoms. The minimum atomic E-state index is -0.767. The minimum absolute atomic E-state index is 0.178. The van der Waals surface area contributed by atoms with Gasteiger partial charge in [-0.1, -0.05) is 19.1 Å². The number of rotatable bonds is 5. The van der Waals surface area contributed by atoms with Crippen molar-refractivity contribution in [2.24, 2.45) is 0 Å². The molecule has 1 N–H and O–H groups in total. The molecule has 1 aromatic rings. The van der Waals surface area contributed by atoms with Crippen LogP contribution in [0.3, 0.4) is 0 Å². The molecule has 0 aliphatic rings. The molecule has 0 fully saturated rings. The van der Waals surface area contributed by atoms with E-state index in [4.69, 9.17) is 5.11 Å². The normalized spacial score (nSPS) is 10.8. The largest absolute Gasteiger partial charge is 0.481 e. The smallest absolute Gasteiger partial charge is 0.303 e. The van der Waals surface area contributed by atoms with Crippen molar-refractivity contribution >= 4 is 5.97 Å². The average molecular weight is 197 g/mol. The highest BCUT2D eigenvalue weighted by Gasteiger charge is 2.07. The summed E-state index contributed by atoms with van der Waals surface area (Å²) in [4.78, 5) is 10.3. The van der Waals surface area contributed by atoms with Gasteiger partial charge in [-0.15, -0.1) is 5.10 Å². The van der Waals surface area contributed by atoms with Crippen LogP contribution in [-0.4, -0.2) is 26.1 Å². The molecule has 5 nitrogen and oxygen atoms in total. The van der Waals surface area contributed by atoms with Gasteiger partial charge >= 0.3 is 5.97 Å². The zero-order chi connectivity index (χ0) is 10.6. The molecule has 0 aliphatic heterocycles. The number of aryl methyl sites for hydroxylation is 1. The van der Waals surface area contributed by atoms with Crippen molar-refractivity contribution in [2.75, 3.05) is 0 Å². The molecule has 0 atom stereocenters. The number of hydrogen-bond acceptors (Lipinski definition) is 3. The van der Waals surface area contributed by atoms with Crippen LogP contribution < -0.4 is 0 Å². The Kier molecular flexibility index (Phi) is 3.62. The molecular formula is C9H15N3O2. The third kappa shape index (κ3) is 2.83. The van der Waals surface area contributed by atoms with Crippen molar-refractivity contribution in [3.63, 3.8) is 0 Å². The zero-order valence-electron chi connectivity index (χ0n) is 8.47. The van der Waals surface area contributed by atoms with E-state index in [-0.39, 0.29) is 6.42 Å². The predicted octanol–water partition coefficient (Wildman–Crippen LogP) is 1.27. The van der Waals surface area contributed by atoms with Gasteiger partial charge in [0.15, 0.2) is 0 Å². The summed E-state index contributed by atoms with van der Waals surface area (Å²) in [6.07, 6.45) is 2.50. The number of carboxylic acids is 1. The third-order valence-corrected chi connectivity index (χ3v) is 2.00. The predicted molar refractivity (Wildman–Crippen MR) is 51.0 cm³/mol. The van der Waals surface area contributed by atoms with Gasteiger partial charge in [0.05, 0.1) is 11.9 Å². The fraction of sp³-hybridized carbons (Fsp3) is 0.667. The van der Waals surface area contributed by atoms with Crippen molar-refractivity contribution in [1.82, 2.24) is 15.0 Å². The second kappa shape index (κ2) is 4.74. The van der Waals surface area contributed by atoms with Gasteiger partial charge in [-0.05, 0) is 12.3 Å². The van der Waals surface area contributed by atoms with Crippen LogP contribution in [0.1, 0.15) is 38.3 Å². The molecule has 0 bridgehead atoms. The van der Waals surface area contributed by atoms with Crippen molar-refractivity contribution < 1.29 is 9.90 Å². The summed E-state index contributed by atoms with van der Waals surface area (Å²) in [5, 5.41) is 16.2. The van der Waals surface area contributed by atoms with E-state index in [1.165, 1.54) is 0 Å². The van der Waals surface area contributed by atoms with E-state index in [1.807, 2.05) is 0 Å². The molecule has 1 heterocycles. The van der Waals surface area contributed by atoms with Crippen molar-refractivity contribution in [1.29, 1.82) is 0 Å². The van der Waals surface area contributed by atoms with E-state index >= 15 is 0 Å². The van der Waals surface area contributed by atoms with Crippen molar-refractivity contribution in [3.05, 3.63) is 11.9 Å². The lowest BCUT2D eigenvalue weighted by atomic mass is 10.1. The molecule has 78 valence electrons. The maximum absolute atomic E-state index is 10.3. The summed E-state index contributed by atoms with van der Waals surface area (Å²) in [7, 11) is 0. The summed E-state index contributed by atoms with van der Waals surface area (Å²) in [6.45, 7) is 4.75. The summed E-state index contributed by atoms with van der Waals surface area (Å²) >= 11 is 0. The molecule has 0 radical (unpaired) electrons. The number of hydrogen-bond donors (Lipinski definition) is 1. The highest BCUT2D eigenvalue weighted by atomic mass is 16.4. The van der Waals surface area contributed by atoms with Gasteiger partial charge in [0.25, 0.3) is 0 Å². The van der Waals surface area contributed by atoms with E-state index in [0.717, 1.165) is 5.69 Å². The molecule has 1 rings (SSSR count). The molecule has 0 spiro atoms. The van der Waals surface area contributed by atoms with Gasteiger partial charge in [0.2, 0.25) is 0 Å². The van der Waals surface area contributed by atoms with Gasteiger partial charge < -0.3 is 5.11 Å². The average Bonchev–Trinajstić information content (AvgIpc) is 2.51. The van der Waals surface area contributed by atoms with Crippen LogP contribution in [0.4, 0.5) is 0 Å². The van der Waals surface area contributed by atoms with Gasteiger partial charge in [0.1, 0.15) is 0 Å². The standard InChI is InChI=1S/C9H15N3O2/c1-7(2)8-6-10-11-12(8)5-3-4-9(13)14/h6-7H,3-5H2,1-2H3,(H,13,14). The second-order valence-corrected chi connectivity index (χ2v) is 3.53. The van der Waals surface area contributed by atoms with Crippen LogP contribution >= 0.6 is 0 Å². The quantitative estimate of drug-likeness (QED) is 0.771. The van der Waals surface area contributed by atoms with E-state index in [0.29, 0.717) is 18.9 Å². The van der Waals surface area contributed by atoms with Gasteiger partial charge in [-0.3, -0.25) is 4.79 Å². The first kappa shape index (κ1) is 10.7. The molecule has 0 saturated heterocycles. The van der Waals surface area contributed by atoms with E-state index < -0.39 is 5.97 Å². The van der Waals surface area contributed by atoms with Gasteiger partial charge in [-0.2, -0.15) is 0 Å². The first-order chi connectivity index (χ1) is 6.61. The second-order valence-electron chi connectivity index (χ2n) is 3.53. The molecule has 1 aromatic heterocycles. The Labute approximate surface area is 82.7 Å².